The number of fused-ring (bicyclic) bond motifs is 5. The number of benzene rings is 1. The largest absolute Gasteiger partial charge is 0.458 e. The molecule has 4 aromatic rings. The van der Waals surface area contributed by atoms with Gasteiger partial charge < -0.3 is 46.4 Å². The SMILES string of the molecule is CC[C@@]1(O)C(=O)OCc2c1cc1n(c2=O)Cc2c-1nc1cc(F)c(C)cc1c2CNC(=O)CNC(=O)[C@H](CCCCN)NC(=O)[C@@H](NC(=O)CCCC#Cc1cnc(=S)[nH]c1)C(C)C. The van der Waals surface area contributed by atoms with Gasteiger partial charge in [0.05, 0.1) is 41.1 Å². The van der Waals surface area contributed by atoms with E-state index in [0.717, 1.165) is 0 Å². The predicted octanol–water partition coefficient (Wildman–Crippen LogP) is 2.69. The van der Waals surface area contributed by atoms with Gasteiger partial charge in [-0.25, -0.2) is 19.2 Å². The Morgan fingerprint density at radius 3 is 2.56 bits per heavy atom. The molecule has 6 rings (SSSR count). The minimum absolute atomic E-state index is 0.0380. The minimum Gasteiger partial charge on any atom is -0.458 e. The van der Waals surface area contributed by atoms with Gasteiger partial charge in [-0.1, -0.05) is 32.6 Å². The number of aromatic amines is 1. The third-order valence-electron chi connectivity index (χ3n) is 11.4. The molecule has 0 unspecified atom stereocenters. The number of cyclic esters (lactones) is 1. The molecular weight excluding hydrogens is 846 g/mol. The number of aliphatic hydroxyl groups is 1. The van der Waals surface area contributed by atoms with Gasteiger partial charge in [-0.3, -0.25) is 24.0 Å². The van der Waals surface area contributed by atoms with E-state index >= 15 is 0 Å². The van der Waals surface area contributed by atoms with Crippen LogP contribution in [0.15, 0.2) is 35.4 Å². The number of nitrogens with two attached hydrogens (primary N) is 1. The van der Waals surface area contributed by atoms with Gasteiger partial charge in [0.25, 0.3) is 5.56 Å². The molecule has 5 heterocycles. The number of nitrogens with one attached hydrogen (secondary N) is 5. The summed E-state index contributed by atoms with van der Waals surface area (Å²) in [5, 5.41) is 22.8. The van der Waals surface area contributed by atoms with Crippen LogP contribution in [-0.2, 0) is 54.0 Å². The van der Waals surface area contributed by atoms with Crippen molar-refractivity contribution in [3.63, 3.8) is 0 Å². The molecule has 17 nitrogen and oxygen atoms in total. The first-order chi connectivity index (χ1) is 30.6. The van der Waals surface area contributed by atoms with Crippen molar-refractivity contribution >= 4 is 52.7 Å². The zero-order chi connectivity index (χ0) is 46.3. The number of esters is 1. The van der Waals surface area contributed by atoms with Gasteiger partial charge in [0.2, 0.25) is 23.6 Å². The molecule has 2 aliphatic rings. The molecule has 0 fully saturated rings. The molecule has 0 spiro atoms. The van der Waals surface area contributed by atoms with Gasteiger partial charge >= 0.3 is 5.97 Å². The van der Waals surface area contributed by atoms with Crippen molar-refractivity contribution in [2.75, 3.05) is 13.1 Å². The van der Waals surface area contributed by atoms with Crippen LogP contribution >= 0.6 is 12.2 Å². The maximum atomic E-state index is 15.0. The van der Waals surface area contributed by atoms with E-state index in [1.165, 1.54) is 10.6 Å². The first-order valence-electron chi connectivity index (χ1n) is 21.2. The van der Waals surface area contributed by atoms with E-state index in [2.05, 4.69) is 43.1 Å². The highest BCUT2D eigenvalue weighted by Crippen LogP contribution is 2.40. The van der Waals surface area contributed by atoms with E-state index in [0.29, 0.717) is 76.0 Å². The summed E-state index contributed by atoms with van der Waals surface area (Å²) in [6, 6.07) is 2.44. The van der Waals surface area contributed by atoms with Crippen LogP contribution in [0.4, 0.5) is 4.39 Å². The number of ether oxygens (including phenoxy) is 1. The second-order valence-electron chi connectivity index (χ2n) is 16.2. The van der Waals surface area contributed by atoms with Gasteiger partial charge in [-0.05, 0) is 87.0 Å². The summed E-state index contributed by atoms with van der Waals surface area (Å²) in [4.78, 5) is 91.4. The summed E-state index contributed by atoms with van der Waals surface area (Å²) in [6.45, 7) is 6.28. The normalized spacial score (nSPS) is 15.8. The molecule has 3 atom stereocenters. The lowest BCUT2D eigenvalue weighted by Crippen LogP contribution is -2.56. The van der Waals surface area contributed by atoms with E-state index in [4.69, 9.17) is 27.7 Å². The van der Waals surface area contributed by atoms with Gasteiger partial charge in [0, 0.05) is 54.4 Å². The highest BCUT2D eigenvalue weighted by molar-refractivity contribution is 7.71. The third kappa shape index (κ3) is 10.4. The van der Waals surface area contributed by atoms with Crippen LogP contribution < -0.4 is 32.6 Å². The fourth-order valence-electron chi connectivity index (χ4n) is 7.75. The molecule has 8 N–H and O–H groups in total. The maximum Gasteiger partial charge on any atom is 0.343 e. The fourth-order valence-corrected chi connectivity index (χ4v) is 7.86. The fraction of sp³-hybridized carbons (Fsp3) is 0.444. The zero-order valence-electron chi connectivity index (χ0n) is 36.1. The average Bonchev–Trinajstić information content (AvgIpc) is 3.63. The number of hydrogen-bond donors (Lipinski definition) is 7. The number of unbranched alkanes of at least 4 members (excludes halogenated alkanes) is 2. The Balaban J connectivity index is 1.12. The number of carbonyl (C=O) groups is 5. The smallest absolute Gasteiger partial charge is 0.343 e. The average molecular weight is 898 g/mol. The Morgan fingerprint density at radius 2 is 1.86 bits per heavy atom. The summed E-state index contributed by atoms with van der Waals surface area (Å²) in [5.41, 5.74) is 6.47. The second kappa shape index (κ2) is 20.4. The number of rotatable bonds is 17. The number of aromatic nitrogens is 4. The van der Waals surface area contributed by atoms with Crippen molar-refractivity contribution in [2.24, 2.45) is 11.7 Å². The molecule has 2 aliphatic heterocycles. The van der Waals surface area contributed by atoms with E-state index < -0.39 is 59.3 Å². The summed E-state index contributed by atoms with van der Waals surface area (Å²) in [5.74, 6) is 2.14. The lowest BCUT2D eigenvalue weighted by Gasteiger charge is -2.31. The van der Waals surface area contributed by atoms with Crippen molar-refractivity contribution in [3.05, 3.63) is 84.9 Å². The van der Waals surface area contributed by atoms with E-state index in [9.17, 15) is 38.3 Å². The first-order valence-corrected chi connectivity index (χ1v) is 21.6. The molecule has 0 aliphatic carbocycles. The van der Waals surface area contributed by atoms with E-state index in [1.807, 2.05) is 0 Å². The second-order valence-corrected chi connectivity index (χ2v) is 16.6. The number of carbonyl (C=O) groups excluding carboxylic acids is 5. The van der Waals surface area contributed by atoms with Crippen LogP contribution in [0.2, 0.25) is 0 Å². The molecule has 338 valence electrons. The van der Waals surface area contributed by atoms with Gasteiger partial charge in [0.15, 0.2) is 10.4 Å². The molecule has 0 bridgehead atoms. The lowest BCUT2D eigenvalue weighted by molar-refractivity contribution is -0.172. The van der Waals surface area contributed by atoms with Crippen LogP contribution in [-0.4, -0.2) is 79.4 Å². The van der Waals surface area contributed by atoms with Crippen molar-refractivity contribution in [1.29, 1.82) is 0 Å². The molecule has 0 radical (unpaired) electrons. The molecule has 19 heteroatoms. The predicted molar refractivity (Wildman–Crippen MR) is 236 cm³/mol. The monoisotopic (exact) mass is 897 g/mol. The van der Waals surface area contributed by atoms with Gasteiger partial charge in [-0.15, -0.1) is 0 Å². The Labute approximate surface area is 373 Å². The summed E-state index contributed by atoms with van der Waals surface area (Å²) in [6.07, 6.45) is 5.47. The topological polar surface area (TPSA) is 253 Å². The Hall–Kier alpha value is -6.36. The highest BCUT2D eigenvalue weighted by Gasteiger charge is 2.45. The molecule has 1 aromatic carbocycles. The minimum atomic E-state index is -2.04. The van der Waals surface area contributed by atoms with E-state index in [-0.39, 0.29) is 67.4 Å². The number of hydrogen-bond acceptors (Lipinski definition) is 12. The standard InChI is InChI=1S/C45H52FN9O8S/c1-5-45(62)31-16-35-39-29(22-55(35)42(60)30(31)23-63-43(45)61)28(27-15-25(4)32(46)17-34(27)52-39)20-48-37(57)21-49-40(58)33(12-9-10-14-47)53-41(59)38(24(2)3)54-36(56)13-8-6-7-11-26-18-50-44(64)51-19-26/h15-19,24,33,38,62H,5-6,8-10,12-14,20-23,47H2,1-4H3,(H,48,57)(H,49,58)(H,53,59)(H,54,56)(H,50,51,64)/t33-,38-,45-/m0/s1. The summed E-state index contributed by atoms with van der Waals surface area (Å²) in [7, 11) is 0. The van der Waals surface area contributed by atoms with Crippen molar-refractivity contribution < 1.29 is 38.2 Å². The first kappa shape index (κ1) is 47.1. The lowest BCUT2D eigenvalue weighted by atomic mass is 9.86. The quantitative estimate of drug-likeness (QED) is 0.0308. The van der Waals surface area contributed by atoms with Crippen molar-refractivity contribution in [3.8, 4) is 23.2 Å². The number of nitrogens with zero attached hydrogens (tertiary/aromatic N) is 3. The molecule has 0 saturated heterocycles. The molecular formula is C45H52FN9O8S. The number of amides is 4. The van der Waals surface area contributed by atoms with Crippen LogP contribution in [0.3, 0.4) is 0 Å². The van der Waals surface area contributed by atoms with Crippen molar-refractivity contribution in [2.45, 2.75) is 110 Å². The molecule has 64 heavy (non-hydrogen) atoms. The summed E-state index contributed by atoms with van der Waals surface area (Å²) >= 11 is 4.93. The Bertz CT molecular complexity index is 2670. The Morgan fingerprint density at radius 1 is 1.08 bits per heavy atom. The van der Waals surface area contributed by atoms with Gasteiger partial charge in [-0.2, -0.15) is 0 Å². The van der Waals surface area contributed by atoms with Crippen LogP contribution in [0.1, 0.15) is 99.1 Å². The highest BCUT2D eigenvalue weighted by atomic mass is 32.1. The number of pyridine rings is 2. The van der Waals surface area contributed by atoms with Gasteiger partial charge in [0.1, 0.15) is 24.5 Å². The third-order valence-corrected chi connectivity index (χ3v) is 11.7. The van der Waals surface area contributed by atoms with Crippen molar-refractivity contribution in [1.82, 2.24) is 40.8 Å². The maximum absolute atomic E-state index is 15.0. The number of H-pyrrole nitrogens is 1. The Kier molecular flexibility index (Phi) is 15.0. The number of aryl methyl sites for hydroxylation is 1. The van der Waals surface area contributed by atoms with E-state index in [1.54, 1.807) is 52.2 Å². The molecule has 3 aromatic heterocycles. The summed E-state index contributed by atoms with van der Waals surface area (Å²) < 4.78 is 21.9. The van der Waals surface area contributed by atoms with Crippen LogP contribution in [0.5, 0.6) is 0 Å². The molecule has 0 saturated carbocycles. The zero-order valence-corrected chi connectivity index (χ0v) is 36.9. The van der Waals surface area contributed by atoms with Crippen LogP contribution in [0, 0.1) is 35.3 Å². The van der Waals surface area contributed by atoms with Crippen LogP contribution in [0.25, 0.3) is 22.3 Å². The molecule has 4 amide bonds. The number of halogens is 1.